The van der Waals surface area contributed by atoms with Crippen molar-refractivity contribution in [3.8, 4) is 6.07 Å². The first kappa shape index (κ1) is 5.99. The molecule has 0 fully saturated rings. The maximum Gasteiger partial charge on any atom is 0.145 e. The standard InChI is InChI=1S/C5H2ClN3/c6-5-1-4(2-7)8-3-9-5/h1,3H. The summed E-state index contributed by atoms with van der Waals surface area (Å²) < 4.78 is 0. The highest BCUT2D eigenvalue weighted by Gasteiger charge is 1.90. The fourth-order valence-corrected chi connectivity index (χ4v) is 0.542. The van der Waals surface area contributed by atoms with Gasteiger partial charge in [-0.05, 0) is 0 Å². The molecule has 0 saturated carbocycles. The van der Waals surface area contributed by atoms with Gasteiger partial charge in [-0.3, -0.25) is 0 Å². The van der Waals surface area contributed by atoms with Gasteiger partial charge in [0, 0.05) is 6.07 Å². The number of nitriles is 1. The van der Waals surface area contributed by atoms with E-state index in [-0.39, 0.29) is 5.69 Å². The van der Waals surface area contributed by atoms with E-state index in [0.717, 1.165) is 0 Å². The molecule has 9 heavy (non-hydrogen) atoms. The van der Waals surface area contributed by atoms with Gasteiger partial charge in [-0.1, -0.05) is 11.6 Å². The summed E-state index contributed by atoms with van der Waals surface area (Å²) in [5.41, 5.74) is 0.287. The molecule has 0 atom stereocenters. The molecule has 0 aliphatic rings. The molecule has 0 saturated heterocycles. The van der Waals surface area contributed by atoms with E-state index in [2.05, 4.69) is 9.97 Å². The van der Waals surface area contributed by atoms with Crippen LogP contribution in [0.15, 0.2) is 12.4 Å². The van der Waals surface area contributed by atoms with Crippen LogP contribution in [-0.2, 0) is 0 Å². The van der Waals surface area contributed by atoms with Crippen LogP contribution in [0.25, 0.3) is 0 Å². The largest absolute Gasteiger partial charge is 0.226 e. The van der Waals surface area contributed by atoms with E-state index in [1.54, 1.807) is 0 Å². The molecule has 0 amide bonds. The first-order valence-corrected chi connectivity index (χ1v) is 2.58. The minimum absolute atomic E-state index is 0.287. The van der Waals surface area contributed by atoms with Crippen LogP contribution in [0.4, 0.5) is 0 Å². The van der Waals surface area contributed by atoms with E-state index in [1.165, 1.54) is 12.4 Å². The molecule has 0 aromatic carbocycles. The van der Waals surface area contributed by atoms with Crippen molar-refractivity contribution in [2.75, 3.05) is 0 Å². The quantitative estimate of drug-likeness (QED) is 0.504. The van der Waals surface area contributed by atoms with Crippen molar-refractivity contribution in [3.63, 3.8) is 0 Å². The third-order valence-corrected chi connectivity index (χ3v) is 0.955. The minimum Gasteiger partial charge on any atom is -0.226 e. The van der Waals surface area contributed by atoms with Gasteiger partial charge >= 0.3 is 0 Å². The third-order valence-electron chi connectivity index (χ3n) is 0.748. The maximum absolute atomic E-state index is 8.26. The topological polar surface area (TPSA) is 49.6 Å². The third kappa shape index (κ3) is 1.37. The van der Waals surface area contributed by atoms with Crippen LogP contribution < -0.4 is 0 Å². The number of halogens is 1. The predicted molar refractivity (Wildman–Crippen MR) is 31.8 cm³/mol. The van der Waals surface area contributed by atoms with E-state index < -0.39 is 0 Å². The number of nitrogens with zero attached hydrogens (tertiary/aromatic N) is 3. The zero-order valence-electron chi connectivity index (χ0n) is 4.37. The summed E-state index contributed by atoms with van der Waals surface area (Å²) in [5, 5.41) is 8.56. The van der Waals surface area contributed by atoms with E-state index in [9.17, 15) is 0 Å². The molecule has 0 unspecified atom stereocenters. The average Bonchev–Trinajstić information content (AvgIpc) is 1.88. The summed E-state index contributed by atoms with van der Waals surface area (Å²) in [7, 11) is 0. The molecule has 3 nitrogen and oxygen atoms in total. The van der Waals surface area contributed by atoms with E-state index >= 15 is 0 Å². The zero-order valence-corrected chi connectivity index (χ0v) is 5.13. The molecular weight excluding hydrogens is 138 g/mol. The minimum atomic E-state index is 0.287. The van der Waals surface area contributed by atoms with Crippen LogP contribution >= 0.6 is 11.6 Å². The Morgan fingerprint density at radius 3 is 2.78 bits per heavy atom. The summed E-state index contributed by atoms with van der Waals surface area (Å²) in [6, 6.07) is 3.24. The van der Waals surface area contributed by atoms with Gasteiger partial charge in [-0.25, -0.2) is 9.97 Å². The molecular formula is C5H2ClN3. The van der Waals surface area contributed by atoms with Crippen LogP contribution in [0.5, 0.6) is 0 Å². The molecule has 1 aromatic heterocycles. The number of hydrogen-bond donors (Lipinski definition) is 0. The molecule has 0 aliphatic heterocycles. The molecule has 0 radical (unpaired) electrons. The molecule has 0 bridgehead atoms. The Kier molecular flexibility index (Phi) is 1.61. The second-order valence-electron chi connectivity index (χ2n) is 1.34. The lowest BCUT2D eigenvalue weighted by molar-refractivity contribution is 1.14. The normalized spacial score (nSPS) is 8.44. The van der Waals surface area contributed by atoms with E-state index in [0.29, 0.717) is 5.15 Å². The second-order valence-corrected chi connectivity index (χ2v) is 1.73. The van der Waals surface area contributed by atoms with Crippen LogP contribution in [0.1, 0.15) is 5.69 Å². The van der Waals surface area contributed by atoms with Gasteiger partial charge in [0.15, 0.2) is 0 Å². The van der Waals surface area contributed by atoms with Crippen LogP contribution in [-0.4, -0.2) is 9.97 Å². The van der Waals surface area contributed by atoms with Crippen molar-refractivity contribution in [2.45, 2.75) is 0 Å². The van der Waals surface area contributed by atoms with Crippen LogP contribution in [0.3, 0.4) is 0 Å². The first-order valence-electron chi connectivity index (χ1n) is 2.20. The number of rotatable bonds is 0. The molecule has 0 spiro atoms. The molecule has 0 N–H and O–H groups in total. The van der Waals surface area contributed by atoms with Gasteiger partial charge in [0.25, 0.3) is 0 Å². The van der Waals surface area contributed by atoms with Gasteiger partial charge in [-0.15, -0.1) is 0 Å². The Labute approximate surface area is 56.9 Å². The summed E-state index contributed by atoms with van der Waals surface area (Å²) in [6.45, 7) is 0. The fourth-order valence-electron chi connectivity index (χ4n) is 0.395. The van der Waals surface area contributed by atoms with Gasteiger partial charge in [0.1, 0.15) is 23.2 Å². The molecule has 1 aromatic rings. The Balaban J connectivity index is 3.12. The predicted octanol–water partition coefficient (Wildman–Crippen LogP) is 1.00. The highest BCUT2D eigenvalue weighted by Crippen LogP contribution is 2.01. The second kappa shape index (κ2) is 2.42. The molecule has 44 valence electrons. The summed E-state index contributed by atoms with van der Waals surface area (Å²) in [6.07, 6.45) is 1.25. The lowest BCUT2D eigenvalue weighted by Gasteiger charge is -1.85. The van der Waals surface area contributed by atoms with Gasteiger partial charge in [-0.2, -0.15) is 5.26 Å². The molecule has 4 heteroatoms. The monoisotopic (exact) mass is 139 g/mol. The Bertz CT molecular complexity index is 253. The number of hydrogen-bond acceptors (Lipinski definition) is 3. The molecule has 0 aliphatic carbocycles. The van der Waals surface area contributed by atoms with Crippen LogP contribution in [0.2, 0.25) is 5.15 Å². The number of aromatic nitrogens is 2. The van der Waals surface area contributed by atoms with E-state index in [4.69, 9.17) is 16.9 Å². The highest BCUT2D eigenvalue weighted by molar-refractivity contribution is 6.29. The summed E-state index contributed by atoms with van der Waals surface area (Å²) >= 11 is 5.42. The average molecular weight is 140 g/mol. The lowest BCUT2D eigenvalue weighted by Crippen LogP contribution is -1.82. The smallest absolute Gasteiger partial charge is 0.145 e. The summed E-state index contributed by atoms with van der Waals surface area (Å²) in [4.78, 5) is 7.19. The van der Waals surface area contributed by atoms with E-state index in [1.807, 2.05) is 6.07 Å². The lowest BCUT2D eigenvalue weighted by atomic mass is 10.4. The van der Waals surface area contributed by atoms with Crippen molar-refractivity contribution in [2.24, 2.45) is 0 Å². The Morgan fingerprint density at radius 2 is 2.33 bits per heavy atom. The van der Waals surface area contributed by atoms with Crippen molar-refractivity contribution >= 4 is 11.6 Å². The summed E-state index contributed by atoms with van der Waals surface area (Å²) in [5.74, 6) is 0. The van der Waals surface area contributed by atoms with Gasteiger partial charge in [0.2, 0.25) is 0 Å². The molecule has 1 heterocycles. The SMILES string of the molecule is N#Cc1cc(Cl)ncn1. The Morgan fingerprint density at radius 1 is 1.56 bits per heavy atom. The first-order chi connectivity index (χ1) is 4.33. The van der Waals surface area contributed by atoms with Crippen molar-refractivity contribution in [1.82, 2.24) is 9.97 Å². The molecule has 1 rings (SSSR count). The van der Waals surface area contributed by atoms with Crippen molar-refractivity contribution < 1.29 is 0 Å². The van der Waals surface area contributed by atoms with Gasteiger partial charge in [0.05, 0.1) is 0 Å². The fraction of sp³-hybridized carbons (Fsp3) is 0. The highest BCUT2D eigenvalue weighted by atomic mass is 35.5. The van der Waals surface area contributed by atoms with Crippen LogP contribution in [0, 0.1) is 11.3 Å². The Hall–Kier alpha value is -1.14. The zero-order chi connectivity index (χ0) is 6.69. The van der Waals surface area contributed by atoms with Crippen molar-refractivity contribution in [1.29, 1.82) is 5.26 Å². The van der Waals surface area contributed by atoms with Gasteiger partial charge < -0.3 is 0 Å². The maximum atomic E-state index is 8.26. The van der Waals surface area contributed by atoms with Crippen molar-refractivity contribution in [3.05, 3.63) is 23.2 Å².